The van der Waals surface area contributed by atoms with E-state index in [0.29, 0.717) is 6.04 Å². The van der Waals surface area contributed by atoms with Crippen LogP contribution >= 0.6 is 11.8 Å². The number of nitrogens with zero attached hydrogens (tertiary/aromatic N) is 1. The molecule has 2 nitrogen and oxygen atoms in total. The summed E-state index contributed by atoms with van der Waals surface area (Å²) in [5, 5.41) is 3.60. The first-order chi connectivity index (χ1) is 8.79. The summed E-state index contributed by atoms with van der Waals surface area (Å²) in [5.74, 6) is 2.54. The first-order valence-electron chi connectivity index (χ1n) is 6.91. The van der Waals surface area contributed by atoms with Crippen molar-refractivity contribution in [3.8, 4) is 0 Å². The Morgan fingerprint density at radius 3 is 2.72 bits per heavy atom. The maximum absolute atomic E-state index is 3.60. The quantitative estimate of drug-likeness (QED) is 0.880. The second-order valence-corrected chi connectivity index (χ2v) is 6.11. The van der Waals surface area contributed by atoms with Crippen molar-refractivity contribution < 1.29 is 0 Å². The van der Waals surface area contributed by atoms with Gasteiger partial charge in [-0.2, -0.15) is 11.8 Å². The van der Waals surface area contributed by atoms with E-state index in [1.807, 2.05) is 0 Å². The van der Waals surface area contributed by atoms with E-state index < -0.39 is 0 Å². The molecule has 18 heavy (non-hydrogen) atoms. The molecule has 1 aromatic carbocycles. The van der Waals surface area contributed by atoms with Gasteiger partial charge >= 0.3 is 0 Å². The van der Waals surface area contributed by atoms with E-state index in [4.69, 9.17) is 0 Å². The SMILES string of the molecule is CCc1ccc(N(C)CCC2CSCCN2)cc1. The molecule has 1 atom stereocenters. The van der Waals surface area contributed by atoms with Crippen LogP contribution in [0, 0.1) is 0 Å². The van der Waals surface area contributed by atoms with Crippen LogP contribution in [0.15, 0.2) is 24.3 Å². The summed E-state index contributed by atoms with van der Waals surface area (Å²) in [5.41, 5.74) is 2.74. The van der Waals surface area contributed by atoms with Crippen molar-refractivity contribution in [2.45, 2.75) is 25.8 Å². The Hall–Kier alpha value is -0.670. The van der Waals surface area contributed by atoms with E-state index in [1.165, 1.54) is 35.7 Å². The highest BCUT2D eigenvalue weighted by Crippen LogP contribution is 2.16. The summed E-state index contributed by atoms with van der Waals surface area (Å²) in [7, 11) is 2.19. The van der Waals surface area contributed by atoms with E-state index in [1.54, 1.807) is 0 Å². The Morgan fingerprint density at radius 2 is 2.11 bits per heavy atom. The summed E-state index contributed by atoms with van der Waals surface area (Å²) < 4.78 is 0. The summed E-state index contributed by atoms with van der Waals surface area (Å²) in [6.07, 6.45) is 2.35. The number of thioether (sulfide) groups is 1. The highest BCUT2D eigenvalue weighted by molar-refractivity contribution is 7.99. The average molecular weight is 264 g/mol. The van der Waals surface area contributed by atoms with Crippen LogP contribution in [-0.2, 0) is 6.42 Å². The number of rotatable bonds is 5. The third-order valence-electron chi connectivity index (χ3n) is 3.60. The number of hydrogen-bond acceptors (Lipinski definition) is 3. The first-order valence-corrected chi connectivity index (χ1v) is 8.06. The van der Waals surface area contributed by atoms with Crippen molar-refractivity contribution in [3.05, 3.63) is 29.8 Å². The van der Waals surface area contributed by atoms with Gasteiger partial charge in [-0.3, -0.25) is 0 Å². The lowest BCUT2D eigenvalue weighted by molar-refractivity contribution is 0.530. The van der Waals surface area contributed by atoms with Crippen molar-refractivity contribution >= 4 is 17.4 Å². The molecule has 0 spiro atoms. The maximum atomic E-state index is 3.60. The molecule has 1 N–H and O–H groups in total. The lowest BCUT2D eigenvalue weighted by Gasteiger charge is -2.26. The van der Waals surface area contributed by atoms with Crippen molar-refractivity contribution in [1.29, 1.82) is 0 Å². The average Bonchev–Trinajstić information content (AvgIpc) is 2.46. The lowest BCUT2D eigenvalue weighted by Crippen LogP contribution is -2.39. The Balaban J connectivity index is 1.80. The monoisotopic (exact) mass is 264 g/mol. The molecule has 1 saturated heterocycles. The Morgan fingerprint density at radius 1 is 1.33 bits per heavy atom. The smallest absolute Gasteiger partial charge is 0.0363 e. The van der Waals surface area contributed by atoms with Crippen LogP contribution in [0.1, 0.15) is 18.9 Å². The molecule has 0 aromatic heterocycles. The Labute approximate surface area is 115 Å². The zero-order valence-corrected chi connectivity index (χ0v) is 12.3. The molecule has 0 saturated carbocycles. The molecule has 1 fully saturated rings. The van der Waals surface area contributed by atoms with Crippen LogP contribution < -0.4 is 10.2 Å². The zero-order chi connectivity index (χ0) is 12.8. The van der Waals surface area contributed by atoms with Gasteiger partial charge < -0.3 is 10.2 Å². The van der Waals surface area contributed by atoms with Gasteiger partial charge in [0.15, 0.2) is 0 Å². The number of aryl methyl sites for hydroxylation is 1. The van der Waals surface area contributed by atoms with E-state index in [0.717, 1.165) is 13.0 Å². The molecule has 1 aliphatic rings. The second-order valence-electron chi connectivity index (χ2n) is 4.96. The molecule has 0 bridgehead atoms. The van der Waals surface area contributed by atoms with Gasteiger partial charge in [0, 0.05) is 43.4 Å². The van der Waals surface area contributed by atoms with Crippen LogP contribution in [0.5, 0.6) is 0 Å². The summed E-state index contributed by atoms with van der Waals surface area (Å²) in [6.45, 7) is 4.50. The minimum atomic E-state index is 0.695. The van der Waals surface area contributed by atoms with Crippen molar-refractivity contribution in [3.63, 3.8) is 0 Å². The molecule has 2 rings (SSSR count). The normalized spacial score (nSPS) is 19.8. The number of anilines is 1. The molecular formula is C15H24N2S. The third kappa shape index (κ3) is 3.92. The van der Waals surface area contributed by atoms with Crippen LogP contribution in [0.3, 0.4) is 0 Å². The van der Waals surface area contributed by atoms with E-state index in [9.17, 15) is 0 Å². The van der Waals surface area contributed by atoms with Crippen molar-refractivity contribution in [2.24, 2.45) is 0 Å². The van der Waals surface area contributed by atoms with Crippen molar-refractivity contribution in [1.82, 2.24) is 5.32 Å². The van der Waals surface area contributed by atoms with E-state index in [2.05, 4.69) is 60.2 Å². The summed E-state index contributed by atoms with van der Waals surface area (Å²) in [4.78, 5) is 2.36. The molecular weight excluding hydrogens is 240 g/mol. The van der Waals surface area contributed by atoms with Crippen LogP contribution in [0.4, 0.5) is 5.69 Å². The lowest BCUT2D eigenvalue weighted by atomic mass is 10.1. The van der Waals surface area contributed by atoms with Gasteiger partial charge in [0.1, 0.15) is 0 Å². The molecule has 1 aliphatic heterocycles. The Bertz CT molecular complexity index is 344. The summed E-state index contributed by atoms with van der Waals surface area (Å²) >= 11 is 2.07. The van der Waals surface area contributed by atoms with Crippen LogP contribution in [-0.4, -0.2) is 37.7 Å². The van der Waals surface area contributed by atoms with Gasteiger partial charge in [-0.05, 0) is 30.5 Å². The topological polar surface area (TPSA) is 15.3 Å². The van der Waals surface area contributed by atoms with Crippen molar-refractivity contribution in [2.75, 3.05) is 36.5 Å². The van der Waals surface area contributed by atoms with Gasteiger partial charge in [-0.15, -0.1) is 0 Å². The predicted octanol–water partition coefficient (Wildman–Crippen LogP) is 2.78. The molecule has 1 aromatic rings. The van der Waals surface area contributed by atoms with Gasteiger partial charge in [0.25, 0.3) is 0 Å². The summed E-state index contributed by atoms with van der Waals surface area (Å²) in [6, 6.07) is 9.64. The predicted molar refractivity (Wildman–Crippen MR) is 82.8 cm³/mol. The van der Waals surface area contributed by atoms with E-state index in [-0.39, 0.29) is 0 Å². The second kappa shape index (κ2) is 7.05. The molecule has 3 heteroatoms. The van der Waals surface area contributed by atoms with Crippen LogP contribution in [0.2, 0.25) is 0 Å². The number of hydrogen-bond donors (Lipinski definition) is 1. The minimum Gasteiger partial charge on any atom is -0.375 e. The minimum absolute atomic E-state index is 0.695. The third-order valence-corrected chi connectivity index (χ3v) is 4.73. The molecule has 1 unspecified atom stereocenters. The Kier molecular flexibility index (Phi) is 5.39. The van der Waals surface area contributed by atoms with Gasteiger partial charge in [-0.1, -0.05) is 19.1 Å². The van der Waals surface area contributed by atoms with Gasteiger partial charge in [0.05, 0.1) is 0 Å². The fourth-order valence-electron chi connectivity index (χ4n) is 2.27. The first kappa shape index (κ1) is 13.8. The van der Waals surface area contributed by atoms with Gasteiger partial charge in [-0.25, -0.2) is 0 Å². The van der Waals surface area contributed by atoms with E-state index >= 15 is 0 Å². The fourth-order valence-corrected chi connectivity index (χ4v) is 3.27. The molecule has 100 valence electrons. The number of benzene rings is 1. The molecule has 1 heterocycles. The number of nitrogens with one attached hydrogen (secondary N) is 1. The highest BCUT2D eigenvalue weighted by Gasteiger charge is 2.13. The fraction of sp³-hybridized carbons (Fsp3) is 0.600. The molecule has 0 amide bonds. The molecule has 0 aliphatic carbocycles. The zero-order valence-electron chi connectivity index (χ0n) is 11.5. The maximum Gasteiger partial charge on any atom is 0.0363 e. The highest BCUT2D eigenvalue weighted by atomic mass is 32.2. The standard InChI is InChI=1S/C15H24N2S/c1-3-13-4-6-15(7-5-13)17(2)10-8-14-12-18-11-9-16-14/h4-7,14,16H,3,8-12H2,1-2H3. The van der Waals surface area contributed by atoms with Crippen LogP contribution in [0.25, 0.3) is 0 Å². The molecule has 0 radical (unpaired) electrons. The largest absolute Gasteiger partial charge is 0.375 e. The van der Waals surface area contributed by atoms with Gasteiger partial charge in [0.2, 0.25) is 0 Å².